The SMILES string of the molecule is CCOc1ccccc1C(=O)NNC(=O)CCC(=O)Nc1cccc(Cl)c1C. The molecule has 2 rings (SSSR count). The van der Waals surface area contributed by atoms with Crippen molar-refractivity contribution in [1.82, 2.24) is 10.9 Å². The van der Waals surface area contributed by atoms with Gasteiger partial charge in [0.2, 0.25) is 11.8 Å². The Kier molecular flexibility index (Phi) is 7.83. The molecule has 8 heteroatoms. The number of carbonyl (C=O) groups excluding carboxylic acids is 3. The molecule has 0 radical (unpaired) electrons. The number of benzene rings is 2. The number of anilines is 1. The molecule has 0 fully saturated rings. The highest BCUT2D eigenvalue weighted by Gasteiger charge is 2.14. The second-order valence-electron chi connectivity index (χ2n) is 5.89. The summed E-state index contributed by atoms with van der Waals surface area (Å²) < 4.78 is 5.38. The Morgan fingerprint density at radius 1 is 0.964 bits per heavy atom. The average Bonchev–Trinajstić information content (AvgIpc) is 2.68. The van der Waals surface area contributed by atoms with Gasteiger partial charge in [0, 0.05) is 23.6 Å². The Morgan fingerprint density at radius 3 is 2.43 bits per heavy atom. The number of para-hydroxylation sites is 1. The maximum atomic E-state index is 12.2. The van der Waals surface area contributed by atoms with Crippen molar-refractivity contribution in [1.29, 1.82) is 0 Å². The van der Waals surface area contributed by atoms with Crippen molar-refractivity contribution in [3.63, 3.8) is 0 Å². The van der Waals surface area contributed by atoms with Crippen LogP contribution in [0.3, 0.4) is 0 Å². The molecular weight excluding hydrogens is 382 g/mol. The Hall–Kier alpha value is -3.06. The Labute approximate surface area is 168 Å². The molecule has 0 bridgehead atoms. The molecule has 148 valence electrons. The summed E-state index contributed by atoms with van der Waals surface area (Å²) in [5.41, 5.74) is 6.27. The molecule has 0 unspecified atom stereocenters. The molecule has 7 nitrogen and oxygen atoms in total. The summed E-state index contributed by atoms with van der Waals surface area (Å²) in [6.45, 7) is 4.02. The molecule has 2 aromatic rings. The first kappa shape index (κ1) is 21.2. The van der Waals surface area contributed by atoms with Crippen LogP contribution in [0.25, 0.3) is 0 Å². The van der Waals surface area contributed by atoms with Crippen LogP contribution in [0.1, 0.15) is 35.7 Å². The summed E-state index contributed by atoms with van der Waals surface area (Å²) in [5, 5.41) is 3.26. The Bertz CT molecular complexity index is 870. The number of hydrogen-bond donors (Lipinski definition) is 3. The van der Waals surface area contributed by atoms with E-state index in [1.165, 1.54) is 0 Å². The van der Waals surface area contributed by atoms with E-state index in [-0.39, 0.29) is 18.7 Å². The van der Waals surface area contributed by atoms with Gasteiger partial charge in [-0.1, -0.05) is 29.8 Å². The van der Waals surface area contributed by atoms with Gasteiger partial charge in [-0.25, -0.2) is 0 Å². The summed E-state index contributed by atoms with van der Waals surface area (Å²) in [7, 11) is 0. The molecule has 3 N–H and O–H groups in total. The largest absolute Gasteiger partial charge is 0.493 e. The molecule has 28 heavy (non-hydrogen) atoms. The summed E-state index contributed by atoms with van der Waals surface area (Å²) in [6.07, 6.45) is -0.123. The smallest absolute Gasteiger partial charge is 0.273 e. The maximum absolute atomic E-state index is 12.2. The van der Waals surface area contributed by atoms with Crippen molar-refractivity contribution in [2.24, 2.45) is 0 Å². The van der Waals surface area contributed by atoms with Crippen molar-refractivity contribution in [3.8, 4) is 5.75 Å². The van der Waals surface area contributed by atoms with Crippen LogP contribution in [0, 0.1) is 6.92 Å². The third-order valence-electron chi connectivity index (χ3n) is 3.87. The zero-order chi connectivity index (χ0) is 20.5. The molecular formula is C20H22ClN3O4. The van der Waals surface area contributed by atoms with Crippen molar-refractivity contribution in [3.05, 3.63) is 58.6 Å². The number of rotatable bonds is 7. The van der Waals surface area contributed by atoms with Gasteiger partial charge in [0.25, 0.3) is 5.91 Å². The molecule has 0 heterocycles. The van der Waals surface area contributed by atoms with Gasteiger partial charge in [0.05, 0.1) is 12.2 Å². The van der Waals surface area contributed by atoms with Crippen molar-refractivity contribution in [2.45, 2.75) is 26.7 Å². The predicted octanol–water partition coefficient (Wildman–Crippen LogP) is 3.23. The molecule has 0 saturated carbocycles. The molecule has 0 aromatic heterocycles. The molecule has 0 aliphatic carbocycles. The predicted molar refractivity (Wildman–Crippen MR) is 107 cm³/mol. The number of amides is 3. The molecule has 0 aliphatic rings. The van der Waals surface area contributed by atoms with Crippen molar-refractivity contribution >= 4 is 35.0 Å². The topological polar surface area (TPSA) is 96.5 Å². The van der Waals surface area contributed by atoms with E-state index in [0.29, 0.717) is 28.6 Å². The van der Waals surface area contributed by atoms with Gasteiger partial charge in [-0.15, -0.1) is 0 Å². The minimum absolute atomic E-state index is 0.0385. The monoisotopic (exact) mass is 403 g/mol. The van der Waals surface area contributed by atoms with Gasteiger partial charge < -0.3 is 10.1 Å². The number of nitrogens with one attached hydrogen (secondary N) is 3. The first-order valence-corrected chi connectivity index (χ1v) is 9.16. The molecule has 0 saturated heterocycles. The lowest BCUT2D eigenvalue weighted by Gasteiger charge is -2.11. The van der Waals surface area contributed by atoms with Crippen LogP contribution in [0.15, 0.2) is 42.5 Å². The fourth-order valence-corrected chi connectivity index (χ4v) is 2.55. The minimum Gasteiger partial charge on any atom is -0.493 e. The standard InChI is InChI=1S/C20H22ClN3O4/c1-3-28-17-10-5-4-7-14(17)20(27)24-23-19(26)12-11-18(25)22-16-9-6-8-15(21)13(16)2/h4-10H,3,11-12H2,1-2H3,(H,22,25)(H,23,26)(H,24,27). The van der Waals surface area contributed by atoms with E-state index in [1.54, 1.807) is 49.4 Å². The lowest BCUT2D eigenvalue weighted by atomic mass is 10.2. The summed E-state index contributed by atoms with van der Waals surface area (Å²) in [6, 6.07) is 11.9. The summed E-state index contributed by atoms with van der Waals surface area (Å²) in [5.74, 6) is -0.891. The zero-order valence-corrected chi connectivity index (χ0v) is 16.4. The van der Waals surface area contributed by atoms with E-state index in [4.69, 9.17) is 16.3 Å². The fraction of sp³-hybridized carbons (Fsp3) is 0.250. The molecule has 3 amide bonds. The highest BCUT2D eigenvalue weighted by atomic mass is 35.5. The number of hydrogen-bond acceptors (Lipinski definition) is 4. The van der Waals surface area contributed by atoms with Crippen LogP contribution in [-0.4, -0.2) is 24.3 Å². The Balaban J connectivity index is 1.80. The summed E-state index contributed by atoms with van der Waals surface area (Å²) >= 11 is 6.01. The van der Waals surface area contributed by atoms with Gasteiger partial charge in [0.15, 0.2) is 0 Å². The third-order valence-corrected chi connectivity index (χ3v) is 4.28. The molecule has 0 atom stereocenters. The van der Waals surface area contributed by atoms with Crippen LogP contribution >= 0.6 is 11.6 Å². The summed E-state index contributed by atoms with van der Waals surface area (Å²) in [4.78, 5) is 36.1. The molecule has 0 spiro atoms. The van der Waals surface area contributed by atoms with Crippen molar-refractivity contribution < 1.29 is 19.1 Å². The van der Waals surface area contributed by atoms with Crippen LogP contribution in [-0.2, 0) is 9.59 Å². The van der Waals surface area contributed by atoms with Crippen LogP contribution < -0.4 is 20.9 Å². The first-order chi connectivity index (χ1) is 13.4. The highest BCUT2D eigenvalue weighted by Crippen LogP contribution is 2.23. The quantitative estimate of drug-likeness (QED) is 0.618. The third kappa shape index (κ3) is 5.99. The second-order valence-corrected chi connectivity index (χ2v) is 6.30. The van der Waals surface area contributed by atoms with Gasteiger partial charge in [0.1, 0.15) is 5.75 Å². The van der Waals surface area contributed by atoms with Crippen LogP contribution in [0.4, 0.5) is 5.69 Å². The van der Waals surface area contributed by atoms with E-state index in [0.717, 1.165) is 5.56 Å². The average molecular weight is 404 g/mol. The lowest BCUT2D eigenvalue weighted by molar-refractivity contribution is -0.124. The van der Waals surface area contributed by atoms with Gasteiger partial charge in [-0.05, 0) is 43.7 Å². The van der Waals surface area contributed by atoms with Gasteiger partial charge >= 0.3 is 0 Å². The van der Waals surface area contributed by atoms with E-state index < -0.39 is 11.8 Å². The van der Waals surface area contributed by atoms with E-state index in [1.807, 2.05) is 6.92 Å². The number of carbonyl (C=O) groups is 3. The van der Waals surface area contributed by atoms with E-state index >= 15 is 0 Å². The lowest BCUT2D eigenvalue weighted by Crippen LogP contribution is -2.42. The minimum atomic E-state index is -0.503. The number of halogens is 1. The normalized spacial score (nSPS) is 10.1. The number of hydrazine groups is 1. The maximum Gasteiger partial charge on any atom is 0.273 e. The van der Waals surface area contributed by atoms with Gasteiger partial charge in [-0.2, -0.15) is 0 Å². The second kappa shape index (κ2) is 10.3. The Morgan fingerprint density at radius 2 is 1.68 bits per heavy atom. The van der Waals surface area contributed by atoms with E-state index in [2.05, 4.69) is 16.2 Å². The van der Waals surface area contributed by atoms with Crippen molar-refractivity contribution in [2.75, 3.05) is 11.9 Å². The molecule has 0 aliphatic heterocycles. The fourth-order valence-electron chi connectivity index (χ4n) is 2.37. The first-order valence-electron chi connectivity index (χ1n) is 8.78. The van der Waals surface area contributed by atoms with Crippen LogP contribution in [0.2, 0.25) is 5.02 Å². The number of ether oxygens (including phenoxy) is 1. The highest BCUT2D eigenvalue weighted by molar-refractivity contribution is 6.31. The van der Waals surface area contributed by atoms with Gasteiger partial charge in [-0.3, -0.25) is 25.2 Å². The van der Waals surface area contributed by atoms with Crippen LogP contribution in [0.5, 0.6) is 5.75 Å². The zero-order valence-electron chi connectivity index (χ0n) is 15.7. The molecule has 2 aromatic carbocycles. The van der Waals surface area contributed by atoms with E-state index in [9.17, 15) is 14.4 Å².